The lowest BCUT2D eigenvalue weighted by atomic mass is 10.1. The number of alkyl carbamates (subject to hydrolysis) is 1. The predicted octanol–water partition coefficient (Wildman–Crippen LogP) is 3.45. The number of amides is 2. The minimum Gasteiger partial charge on any atom is -0.445 e. The van der Waals surface area contributed by atoms with Crippen LogP contribution >= 0.6 is 0 Å². The first-order chi connectivity index (χ1) is 12.6. The van der Waals surface area contributed by atoms with Crippen LogP contribution in [-0.2, 0) is 22.6 Å². The summed E-state index contributed by atoms with van der Waals surface area (Å²) in [5.74, 6) is -0.122. The van der Waals surface area contributed by atoms with E-state index in [0.29, 0.717) is 0 Å². The molecule has 26 heavy (non-hydrogen) atoms. The molecule has 1 aliphatic rings. The van der Waals surface area contributed by atoms with Crippen LogP contribution in [0.15, 0.2) is 54.6 Å². The monoisotopic (exact) mass is 352 g/mol. The molecule has 5 nitrogen and oxygen atoms in total. The number of hydrogen-bond acceptors (Lipinski definition) is 3. The lowest BCUT2D eigenvalue weighted by Gasteiger charge is -2.28. The number of hydrogen-bond donors (Lipinski definition) is 1. The van der Waals surface area contributed by atoms with E-state index in [-0.39, 0.29) is 18.6 Å². The van der Waals surface area contributed by atoms with Crippen molar-refractivity contribution >= 4 is 12.0 Å². The van der Waals surface area contributed by atoms with Gasteiger partial charge in [-0.25, -0.2) is 4.79 Å². The molecule has 1 aliphatic carbocycles. The van der Waals surface area contributed by atoms with E-state index < -0.39 is 12.1 Å². The van der Waals surface area contributed by atoms with E-state index in [1.165, 1.54) is 11.1 Å². The van der Waals surface area contributed by atoms with Gasteiger partial charge in [-0.2, -0.15) is 0 Å². The second kappa shape index (κ2) is 8.04. The minimum atomic E-state index is -0.643. The number of carbonyl (C=O) groups excluding carboxylic acids is 2. The summed E-state index contributed by atoms with van der Waals surface area (Å²) in [6.45, 7) is 1.86. The summed E-state index contributed by atoms with van der Waals surface area (Å²) in [6, 6.07) is 17.1. The van der Waals surface area contributed by atoms with Gasteiger partial charge < -0.3 is 15.0 Å². The Morgan fingerprint density at radius 3 is 2.62 bits per heavy atom. The number of fused-ring (bicyclic) bond motifs is 1. The van der Waals surface area contributed by atoms with Crippen molar-refractivity contribution in [3.63, 3.8) is 0 Å². The Kier molecular flexibility index (Phi) is 5.56. The third-order valence-electron chi connectivity index (χ3n) is 4.83. The van der Waals surface area contributed by atoms with Crippen molar-refractivity contribution in [1.82, 2.24) is 10.2 Å². The number of aryl methyl sites for hydroxylation is 1. The zero-order chi connectivity index (χ0) is 18.5. The van der Waals surface area contributed by atoms with Gasteiger partial charge in [0.15, 0.2) is 0 Å². The Balaban J connectivity index is 1.53. The maximum atomic E-state index is 12.7. The van der Waals surface area contributed by atoms with Gasteiger partial charge in [-0.3, -0.25) is 4.79 Å². The van der Waals surface area contributed by atoms with Gasteiger partial charge in [0, 0.05) is 7.05 Å². The molecular formula is C21H24N2O3. The van der Waals surface area contributed by atoms with Gasteiger partial charge in [-0.1, -0.05) is 54.6 Å². The first-order valence-corrected chi connectivity index (χ1v) is 8.88. The molecule has 2 aromatic carbocycles. The molecule has 1 N–H and O–H groups in total. The fourth-order valence-electron chi connectivity index (χ4n) is 3.40. The quantitative estimate of drug-likeness (QED) is 0.897. The molecule has 0 aromatic heterocycles. The van der Waals surface area contributed by atoms with Crippen LogP contribution in [0.5, 0.6) is 0 Å². The van der Waals surface area contributed by atoms with Gasteiger partial charge in [0.2, 0.25) is 5.91 Å². The summed E-state index contributed by atoms with van der Waals surface area (Å²) in [4.78, 5) is 26.4. The number of rotatable bonds is 5. The van der Waals surface area contributed by atoms with E-state index in [1.54, 1.807) is 18.9 Å². The highest BCUT2D eigenvalue weighted by atomic mass is 16.5. The first-order valence-electron chi connectivity index (χ1n) is 8.88. The maximum absolute atomic E-state index is 12.7. The highest BCUT2D eigenvalue weighted by molar-refractivity contribution is 5.85. The summed E-state index contributed by atoms with van der Waals surface area (Å²) < 4.78 is 5.19. The average molecular weight is 352 g/mol. The zero-order valence-corrected chi connectivity index (χ0v) is 15.1. The molecule has 0 aliphatic heterocycles. The number of likely N-dealkylation sites (N-methyl/N-ethyl adjacent to an activating group) is 1. The van der Waals surface area contributed by atoms with Gasteiger partial charge >= 0.3 is 6.09 Å². The Morgan fingerprint density at radius 2 is 1.85 bits per heavy atom. The topological polar surface area (TPSA) is 58.6 Å². The van der Waals surface area contributed by atoms with Crippen molar-refractivity contribution < 1.29 is 14.3 Å². The molecule has 0 spiro atoms. The first kappa shape index (κ1) is 18.0. The highest BCUT2D eigenvalue weighted by Gasteiger charge is 2.30. The van der Waals surface area contributed by atoms with E-state index >= 15 is 0 Å². The van der Waals surface area contributed by atoms with Crippen molar-refractivity contribution in [2.45, 2.75) is 38.5 Å². The van der Waals surface area contributed by atoms with Crippen LogP contribution in [0.2, 0.25) is 0 Å². The SMILES string of the molecule is C[C@H](NC(=O)OCc1ccccc1)C(=O)N(C)C1CCc2ccccc21. The third kappa shape index (κ3) is 4.04. The van der Waals surface area contributed by atoms with Crippen molar-refractivity contribution in [2.24, 2.45) is 0 Å². The maximum Gasteiger partial charge on any atom is 0.408 e. The summed E-state index contributed by atoms with van der Waals surface area (Å²) >= 11 is 0. The Morgan fingerprint density at radius 1 is 1.15 bits per heavy atom. The largest absolute Gasteiger partial charge is 0.445 e. The van der Waals surface area contributed by atoms with Crippen molar-refractivity contribution in [3.8, 4) is 0 Å². The summed E-state index contributed by atoms with van der Waals surface area (Å²) in [7, 11) is 1.79. The van der Waals surface area contributed by atoms with E-state index in [9.17, 15) is 9.59 Å². The molecule has 0 heterocycles. The minimum absolute atomic E-state index is 0.0586. The molecular weight excluding hydrogens is 328 g/mol. The summed E-state index contributed by atoms with van der Waals surface area (Å²) in [5, 5.41) is 2.63. The molecule has 136 valence electrons. The molecule has 1 unspecified atom stereocenters. The molecule has 2 amide bonds. The second-order valence-corrected chi connectivity index (χ2v) is 6.63. The fourth-order valence-corrected chi connectivity index (χ4v) is 3.40. The van der Waals surface area contributed by atoms with Crippen LogP contribution in [0, 0.1) is 0 Å². The number of nitrogens with one attached hydrogen (secondary N) is 1. The van der Waals surface area contributed by atoms with Crippen molar-refractivity contribution in [2.75, 3.05) is 7.05 Å². The highest BCUT2D eigenvalue weighted by Crippen LogP contribution is 2.34. The van der Waals surface area contributed by atoms with Crippen LogP contribution in [0.1, 0.15) is 36.1 Å². The standard InChI is InChI=1S/C21H24N2O3/c1-15(22-21(25)26-14-16-8-4-3-5-9-16)20(24)23(2)19-13-12-17-10-6-7-11-18(17)19/h3-11,15,19H,12-14H2,1-2H3,(H,22,25)/t15-,19?/m0/s1. The van der Waals surface area contributed by atoms with Gasteiger partial charge in [-0.05, 0) is 36.5 Å². The normalized spacial score (nSPS) is 16.5. The van der Waals surface area contributed by atoms with E-state index in [1.807, 2.05) is 42.5 Å². The molecule has 5 heteroatoms. The van der Waals surface area contributed by atoms with Crippen LogP contribution in [-0.4, -0.2) is 30.0 Å². The van der Waals surface area contributed by atoms with Crippen LogP contribution < -0.4 is 5.32 Å². The predicted molar refractivity (Wildman–Crippen MR) is 99.5 cm³/mol. The van der Waals surface area contributed by atoms with E-state index in [0.717, 1.165) is 18.4 Å². The molecule has 0 saturated heterocycles. The van der Waals surface area contributed by atoms with Gasteiger partial charge in [0.1, 0.15) is 12.6 Å². The van der Waals surface area contributed by atoms with Gasteiger partial charge in [-0.15, -0.1) is 0 Å². The molecule has 0 bridgehead atoms. The molecule has 3 rings (SSSR count). The Hall–Kier alpha value is -2.82. The fraction of sp³-hybridized carbons (Fsp3) is 0.333. The van der Waals surface area contributed by atoms with Gasteiger partial charge in [0.25, 0.3) is 0 Å². The summed E-state index contributed by atoms with van der Waals surface area (Å²) in [5.41, 5.74) is 3.39. The second-order valence-electron chi connectivity index (χ2n) is 6.63. The Bertz CT molecular complexity index is 776. The van der Waals surface area contributed by atoms with E-state index in [4.69, 9.17) is 4.74 Å². The van der Waals surface area contributed by atoms with Crippen molar-refractivity contribution in [1.29, 1.82) is 0 Å². The van der Waals surface area contributed by atoms with Crippen molar-refractivity contribution in [3.05, 3.63) is 71.3 Å². The average Bonchev–Trinajstić information content (AvgIpc) is 3.10. The lowest BCUT2D eigenvalue weighted by molar-refractivity contribution is -0.133. The molecule has 2 aromatic rings. The summed E-state index contributed by atoms with van der Waals surface area (Å²) in [6.07, 6.45) is 1.29. The molecule has 2 atom stereocenters. The van der Waals surface area contributed by atoms with Gasteiger partial charge in [0.05, 0.1) is 6.04 Å². The van der Waals surface area contributed by atoms with Crippen LogP contribution in [0.25, 0.3) is 0 Å². The number of benzene rings is 2. The molecule has 0 fully saturated rings. The van der Waals surface area contributed by atoms with E-state index in [2.05, 4.69) is 17.4 Å². The number of ether oxygens (including phenoxy) is 1. The molecule has 0 radical (unpaired) electrons. The third-order valence-corrected chi connectivity index (χ3v) is 4.83. The zero-order valence-electron chi connectivity index (χ0n) is 15.1. The molecule has 0 saturated carbocycles. The number of nitrogens with zero attached hydrogens (tertiary/aromatic N) is 1. The lowest BCUT2D eigenvalue weighted by Crippen LogP contribution is -2.46. The van der Waals surface area contributed by atoms with Crippen LogP contribution in [0.4, 0.5) is 4.79 Å². The smallest absolute Gasteiger partial charge is 0.408 e. The Labute approximate surface area is 154 Å². The van der Waals surface area contributed by atoms with Crippen LogP contribution in [0.3, 0.4) is 0 Å². The number of carbonyl (C=O) groups is 2.